The van der Waals surface area contributed by atoms with Crippen LogP contribution >= 0.6 is 15.9 Å². The molecule has 1 aromatic rings. The Bertz CT molecular complexity index is 286. The van der Waals surface area contributed by atoms with Crippen molar-refractivity contribution in [2.24, 2.45) is 5.92 Å². The first-order chi connectivity index (χ1) is 6.52. The monoisotopic (exact) mass is 255 g/mol. The third-order valence-corrected chi connectivity index (χ3v) is 3.06. The average Bonchev–Trinajstić information content (AvgIpc) is 2.02. The van der Waals surface area contributed by atoms with Crippen molar-refractivity contribution in [3.05, 3.63) is 29.6 Å². The van der Waals surface area contributed by atoms with Crippen LogP contribution in [-0.2, 0) is 0 Å². The fraction of sp³-hybridized carbons (Fsp3) is 0.583. The van der Waals surface area contributed by atoms with Crippen LogP contribution in [0.2, 0.25) is 0 Å². The topological polar surface area (TPSA) is 12.9 Å². The second kappa shape index (κ2) is 4.92. The molecule has 0 amide bonds. The number of rotatable bonds is 3. The highest BCUT2D eigenvalue weighted by molar-refractivity contribution is 9.09. The molecule has 14 heavy (non-hydrogen) atoms. The maximum atomic E-state index is 4.45. The summed E-state index contributed by atoms with van der Waals surface area (Å²) in [6.07, 6.45) is 1.90. The summed E-state index contributed by atoms with van der Waals surface area (Å²) in [5, 5.41) is 0. The van der Waals surface area contributed by atoms with Gasteiger partial charge in [-0.25, -0.2) is 0 Å². The van der Waals surface area contributed by atoms with Gasteiger partial charge >= 0.3 is 0 Å². The molecule has 0 saturated carbocycles. The van der Waals surface area contributed by atoms with Gasteiger partial charge in [-0.2, -0.15) is 0 Å². The Morgan fingerprint density at radius 3 is 2.36 bits per heavy atom. The number of hydrogen-bond donors (Lipinski definition) is 0. The maximum absolute atomic E-state index is 4.45. The van der Waals surface area contributed by atoms with Crippen molar-refractivity contribution < 1.29 is 0 Å². The van der Waals surface area contributed by atoms with E-state index >= 15 is 0 Å². The van der Waals surface area contributed by atoms with Crippen molar-refractivity contribution in [3.8, 4) is 0 Å². The predicted molar refractivity (Wildman–Crippen MR) is 64.9 cm³/mol. The Morgan fingerprint density at radius 2 is 1.93 bits per heavy atom. The van der Waals surface area contributed by atoms with Crippen molar-refractivity contribution in [3.63, 3.8) is 0 Å². The summed E-state index contributed by atoms with van der Waals surface area (Å²) in [6.45, 7) is 8.79. The fourth-order valence-corrected chi connectivity index (χ4v) is 2.73. The SMILES string of the molecule is Cc1ccnc(C(C(C)C)C(C)Br)c1. The minimum Gasteiger partial charge on any atom is -0.261 e. The number of hydrogen-bond acceptors (Lipinski definition) is 1. The third-order valence-electron chi connectivity index (χ3n) is 2.49. The van der Waals surface area contributed by atoms with E-state index in [9.17, 15) is 0 Å². The molecular formula is C12H18BrN. The molecule has 1 aromatic heterocycles. The van der Waals surface area contributed by atoms with E-state index in [0.717, 1.165) is 0 Å². The van der Waals surface area contributed by atoms with E-state index < -0.39 is 0 Å². The smallest absolute Gasteiger partial charge is 0.0450 e. The van der Waals surface area contributed by atoms with Crippen LogP contribution in [-0.4, -0.2) is 9.81 Å². The lowest BCUT2D eigenvalue weighted by Crippen LogP contribution is -2.16. The normalized spacial score (nSPS) is 15.6. The Kier molecular flexibility index (Phi) is 4.11. The van der Waals surface area contributed by atoms with Gasteiger partial charge in [0.1, 0.15) is 0 Å². The standard InChI is InChI=1S/C12H18BrN/c1-8(2)12(10(4)13)11-7-9(3)5-6-14-11/h5-8,10,12H,1-4H3. The summed E-state index contributed by atoms with van der Waals surface area (Å²) >= 11 is 3.66. The van der Waals surface area contributed by atoms with E-state index in [1.54, 1.807) is 0 Å². The van der Waals surface area contributed by atoms with Gasteiger partial charge in [0.05, 0.1) is 0 Å². The second-order valence-corrected chi connectivity index (χ2v) is 5.65. The molecule has 0 aliphatic carbocycles. The summed E-state index contributed by atoms with van der Waals surface area (Å²) in [5.41, 5.74) is 2.48. The molecular weight excluding hydrogens is 238 g/mol. The van der Waals surface area contributed by atoms with Crippen molar-refractivity contribution in [1.82, 2.24) is 4.98 Å². The summed E-state index contributed by atoms with van der Waals surface area (Å²) < 4.78 is 0. The van der Waals surface area contributed by atoms with Crippen LogP contribution < -0.4 is 0 Å². The van der Waals surface area contributed by atoms with Crippen LogP contribution in [0.4, 0.5) is 0 Å². The number of halogens is 1. The minimum atomic E-state index is 0.469. The number of pyridine rings is 1. The third kappa shape index (κ3) is 2.81. The summed E-state index contributed by atoms with van der Waals surface area (Å²) in [5.74, 6) is 1.11. The van der Waals surface area contributed by atoms with Crippen molar-refractivity contribution in [2.75, 3.05) is 0 Å². The van der Waals surface area contributed by atoms with E-state index in [-0.39, 0.29) is 0 Å². The van der Waals surface area contributed by atoms with E-state index in [1.807, 2.05) is 12.3 Å². The highest BCUT2D eigenvalue weighted by atomic mass is 79.9. The zero-order valence-corrected chi connectivity index (χ0v) is 10.9. The number of aryl methyl sites for hydroxylation is 1. The summed E-state index contributed by atoms with van der Waals surface area (Å²) in [6, 6.07) is 4.22. The van der Waals surface area contributed by atoms with E-state index in [0.29, 0.717) is 16.7 Å². The molecule has 78 valence electrons. The predicted octanol–water partition coefficient (Wildman–Crippen LogP) is 3.91. The van der Waals surface area contributed by atoms with Gasteiger partial charge in [-0.3, -0.25) is 4.98 Å². The van der Waals surface area contributed by atoms with E-state index in [4.69, 9.17) is 0 Å². The highest BCUT2D eigenvalue weighted by Gasteiger charge is 2.21. The first kappa shape index (κ1) is 11.7. The Morgan fingerprint density at radius 1 is 1.29 bits per heavy atom. The fourth-order valence-electron chi connectivity index (χ4n) is 1.85. The van der Waals surface area contributed by atoms with Gasteiger partial charge in [0, 0.05) is 22.6 Å². The number of nitrogens with zero attached hydrogens (tertiary/aromatic N) is 1. The van der Waals surface area contributed by atoms with Crippen LogP contribution in [0, 0.1) is 12.8 Å². The maximum Gasteiger partial charge on any atom is 0.0450 e. The lowest BCUT2D eigenvalue weighted by atomic mass is 9.89. The second-order valence-electron chi connectivity index (χ2n) is 4.21. The largest absolute Gasteiger partial charge is 0.261 e. The zero-order chi connectivity index (χ0) is 10.7. The van der Waals surface area contributed by atoms with Gasteiger partial charge in [-0.15, -0.1) is 0 Å². The first-order valence-electron chi connectivity index (χ1n) is 5.09. The molecule has 2 atom stereocenters. The number of alkyl halides is 1. The van der Waals surface area contributed by atoms with Gasteiger partial charge in [-0.1, -0.05) is 36.7 Å². The van der Waals surface area contributed by atoms with E-state index in [2.05, 4.69) is 54.7 Å². The van der Waals surface area contributed by atoms with Crippen molar-refractivity contribution in [1.29, 1.82) is 0 Å². The minimum absolute atomic E-state index is 0.469. The molecule has 0 saturated heterocycles. The van der Waals surface area contributed by atoms with Gasteiger partial charge in [-0.05, 0) is 30.5 Å². The Hall–Kier alpha value is -0.370. The molecule has 0 fully saturated rings. The molecule has 0 spiro atoms. The molecule has 1 nitrogen and oxygen atoms in total. The zero-order valence-electron chi connectivity index (χ0n) is 9.29. The van der Waals surface area contributed by atoms with Gasteiger partial charge in [0.15, 0.2) is 0 Å². The van der Waals surface area contributed by atoms with Crippen LogP contribution in [0.15, 0.2) is 18.3 Å². The van der Waals surface area contributed by atoms with E-state index in [1.165, 1.54) is 11.3 Å². The van der Waals surface area contributed by atoms with Gasteiger partial charge in [0.2, 0.25) is 0 Å². The molecule has 0 bridgehead atoms. The Labute approximate surface area is 95.1 Å². The van der Waals surface area contributed by atoms with Crippen LogP contribution in [0.5, 0.6) is 0 Å². The van der Waals surface area contributed by atoms with Crippen molar-refractivity contribution >= 4 is 15.9 Å². The lowest BCUT2D eigenvalue weighted by Gasteiger charge is -2.23. The first-order valence-corrected chi connectivity index (χ1v) is 6.00. The summed E-state index contributed by atoms with van der Waals surface area (Å²) in [7, 11) is 0. The Balaban J connectivity index is 2.99. The van der Waals surface area contributed by atoms with Gasteiger partial charge in [0.25, 0.3) is 0 Å². The quantitative estimate of drug-likeness (QED) is 0.747. The molecule has 0 N–H and O–H groups in total. The van der Waals surface area contributed by atoms with Crippen LogP contribution in [0.25, 0.3) is 0 Å². The molecule has 1 rings (SSSR count). The molecule has 0 aromatic carbocycles. The average molecular weight is 256 g/mol. The summed E-state index contributed by atoms with van der Waals surface area (Å²) in [4.78, 5) is 4.92. The lowest BCUT2D eigenvalue weighted by molar-refractivity contribution is 0.488. The van der Waals surface area contributed by atoms with Gasteiger partial charge < -0.3 is 0 Å². The van der Waals surface area contributed by atoms with Crippen LogP contribution in [0.1, 0.15) is 37.9 Å². The molecule has 1 heterocycles. The highest BCUT2D eigenvalue weighted by Crippen LogP contribution is 2.30. The number of aromatic nitrogens is 1. The molecule has 0 radical (unpaired) electrons. The molecule has 0 aliphatic heterocycles. The van der Waals surface area contributed by atoms with Crippen molar-refractivity contribution in [2.45, 2.75) is 38.4 Å². The van der Waals surface area contributed by atoms with Crippen LogP contribution in [0.3, 0.4) is 0 Å². The molecule has 2 heteroatoms. The molecule has 0 aliphatic rings. The molecule has 2 unspecified atom stereocenters.